The van der Waals surface area contributed by atoms with Crippen molar-refractivity contribution >= 4 is 15.6 Å². The van der Waals surface area contributed by atoms with Crippen LogP contribution in [0, 0.1) is 0 Å². The van der Waals surface area contributed by atoms with Crippen molar-refractivity contribution in [1.29, 1.82) is 0 Å². The maximum Gasteiger partial charge on any atom is 0.243 e. The lowest BCUT2D eigenvalue weighted by Crippen LogP contribution is -2.67. The Morgan fingerprint density at radius 3 is 2.54 bits per heavy atom. The van der Waals surface area contributed by atoms with Crippen LogP contribution in [-0.4, -0.2) is 68.2 Å². The van der Waals surface area contributed by atoms with Crippen molar-refractivity contribution in [3.05, 3.63) is 65.7 Å². The highest BCUT2D eigenvalue weighted by atomic mass is 32.2. The van der Waals surface area contributed by atoms with Crippen LogP contribution in [0.2, 0.25) is 0 Å². The fourth-order valence-electron chi connectivity index (χ4n) is 6.06. The van der Waals surface area contributed by atoms with Crippen LogP contribution in [0.25, 0.3) is 5.57 Å². The standard InChI is InChI=1S/C28H36N2O4S/c1-34-24-10-7-11-25(18-24)35(32,33)29-16-5-6-17-30-26(19-29)28(27(30)20-31)23-14-12-22(13-15-23)21-8-3-2-4-9-21/h7-8,10-15,18,26-28,31H,2-6,9,16-17,19-20H2,1H3/t26-,27-,28-/m1/s1. The second-order valence-electron chi connectivity index (χ2n) is 9.93. The molecule has 1 aliphatic carbocycles. The molecule has 0 radical (unpaired) electrons. The smallest absolute Gasteiger partial charge is 0.243 e. The molecule has 2 aliphatic heterocycles. The van der Waals surface area contributed by atoms with Crippen LogP contribution in [0.1, 0.15) is 55.6 Å². The fraction of sp³-hybridized carbons (Fsp3) is 0.500. The Labute approximate surface area is 209 Å². The molecular weight excluding hydrogens is 460 g/mol. The van der Waals surface area contributed by atoms with Crippen LogP contribution in [0.4, 0.5) is 0 Å². The number of fused-ring (bicyclic) bond motifs is 1. The number of allylic oxidation sites excluding steroid dienone is 2. The summed E-state index contributed by atoms with van der Waals surface area (Å²) in [5, 5.41) is 10.2. The van der Waals surface area contributed by atoms with Crippen molar-refractivity contribution in [2.24, 2.45) is 0 Å². The van der Waals surface area contributed by atoms with E-state index in [0.29, 0.717) is 18.8 Å². The predicted molar refractivity (Wildman–Crippen MR) is 138 cm³/mol. The number of hydrogen-bond acceptors (Lipinski definition) is 5. The molecule has 2 aromatic carbocycles. The second kappa shape index (κ2) is 10.4. The molecule has 2 aromatic rings. The summed E-state index contributed by atoms with van der Waals surface area (Å²) in [5.41, 5.74) is 3.90. The summed E-state index contributed by atoms with van der Waals surface area (Å²) in [6, 6.07) is 15.6. The zero-order valence-corrected chi connectivity index (χ0v) is 21.3. The van der Waals surface area contributed by atoms with E-state index in [-0.39, 0.29) is 29.5 Å². The highest BCUT2D eigenvalue weighted by Crippen LogP contribution is 2.43. The summed E-state index contributed by atoms with van der Waals surface area (Å²) >= 11 is 0. The van der Waals surface area contributed by atoms with Gasteiger partial charge in [0.1, 0.15) is 5.75 Å². The SMILES string of the molecule is COc1cccc(S(=O)(=O)N2CCCCN3[C@H](CO)[C@H](c4ccc(C5=CCCCC5)cc4)[C@H]3C2)c1. The predicted octanol–water partition coefficient (Wildman–Crippen LogP) is 4.27. The summed E-state index contributed by atoms with van der Waals surface area (Å²) < 4.78 is 34.1. The molecular formula is C28H36N2O4S. The first kappa shape index (κ1) is 24.5. The van der Waals surface area contributed by atoms with E-state index in [4.69, 9.17) is 4.74 Å². The lowest BCUT2D eigenvalue weighted by atomic mass is 9.74. The first-order chi connectivity index (χ1) is 17.0. The molecule has 2 fully saturated rings. The maximum absolute atomic E-state index is 13.6. The average molecular weight is 497 g/mol. The second-order valence-corrected chi connectivity index (χ2v) is 11.9. The van der Waals surface area contributed by atoms with Gasteiger partial charge < -0.3 is 9.84 Å². The summed E-state index contributed by atoms with van der Waals surface area (Å²) in [6.45, 7) is 1.90. The van der Waals surface area contributed by atoms with E-state index in [1.165, 1.54) is 29.5 Å². The summed E-state index contributed by atoms with van der Waals surface area (Å²) in [6.07, 6.45) is 8.88. The minimum absolute atomic E-state index is 0.0271. The lowest BCUT2D eigenvalue weighted by Gasteiger charge is -2.57. The van der Waals surface area contributed by atoms with Crippen molar-refractivity contribution in [2.45, 2.75) is 61.4 Å². The summed E-state index contributed by atoms with van der Waals surface area (Å²) in [7, 11) is -2.11. The number of rotatable bonds is 6. The highest BCUT2D eigenvalue weighted by molar-refractivity contribution is 7.89. The summed E-state index contributed by atoms with van der Waals surface area (Å²) in [5.74, 6) is 0.644. The first-order valence-electron chi connectivity index (χ1n) is 12.8. The Morgan fingerprint density at radius 2 is 1.83 bits per heavy atom. The van der Waals surface area contributed by atoms with Gasteiger partial charge in [0.2, 0.25) is 10.0 Å². The van der Waals surface area contributed by atoms with Crippen LogP contribution >= 0.6 is 0 Å². The molecule has 0 unspecified atom stereocenters. The Bertz CT molecular complexity index is 1160. The van der Waals surface area contributed by atoms with Gasteiger partial charge in [-0.1, -0.05) is 36.4 Å². The Hall–Kier alpha value is -2.19. The van der Waals surface area contributed by atoms with Gasteiger partial charge in [-0.2, -0.15) is 4.31 Å². The molecule has 0 amide bonds. The van der Waals surface area contributed by atoms with Gasteiger partial charge in [-0.15, -0.1) is 0 Å². The third-order valence-corrected chi connectivity index (χ3v) is 9.83. The van der Waals surface area contributed by atoms with E-state index in [0.717, 1.165) is 32.2 Å². The van der Waals surface area contributed by atoms with Crippen molar-refractivity contribution in [3.8, 4) is 5.75 Å². The minimum atomic E-state index is -3.65. The molecule has 2 saturated heterocycles. The topological polar surface area (TPSA) is 70.1 Å². The van der Waals surface area contributed by atoms with E-state index in [9.17, 15) is 13.5 Å². The van der Waals surface area contributed by atoms with E-state index < -0.39 is 10.0 Å². The molecule has 188 valence electrons. The van der Waals surface area contributed by atoms with Crippen LogP contribution < -0.4 is 4.74 Å². The van der Waals surface area contributed by atoms with Crippen molar-refractivity contribution in [1.82, 2.24) is 9.21 Å². The molecule has 3 aliphatic rings. The molecule has 0 bridgehead atoms. The minimum Gasteiger partial charge on any atom is -0.497 e. The zero-order chi connectivity index (χ0) is 24.4. The number of aliphatic hydroxyl groups is 1. The van der Waals surface area contributed by atoms with Crippen molar-refractivity contribution in [2.75, 3.05) is 33.4 Å². The maximum atomic E-state index is 13.6. The number of sulfonamides is 1. The quantitative estimate of drug-likeness (QED) is 0.647. The molecule has 3 atom stereocenters. The third-order valence-electron chi connectivity index (χ3n) is 7.97. The van der Waals surface area contributed by atoms with Gasteiger partial charge in [-0.05, 0) is 73.9 Å². The van der Waals surface area contributed by atoms with Gasteiger partial charge in [0, 0.05) is 37.2 Å². The largest absolute Gasteiger partial charge is 0.497 e. The average Bonchev–Trinajstić information content (AvgIpc) is 2.88. The lowest BCUT2D eigenvalue weighted by molar-refractivity contribution is -0.0553. The van der Waals surface area contributed by atoms with Crippen LogP contribution in [-0.2, 0) is 10.0 Å². The number of nitrogens with zero attached hydrogens (tertiary/aromatic N) is 2. The Kier molecular flexibility index (Phi) is 7.30. The Balaban J connectivity index is 1.41. The fourth-order valence-corrected chi connectivity index (χ4v) is 7.59. The molecule has 35 heavy (non-hydrogen) atoms. The van der Waals surface area contributed by atoms with E-state index in [2.05, 4.69) is 35.2 Å². The van der Waals surface area contributed by atoms with Crippen LogP contribution in [0.15, 0.2) is 59.5 Å². The normalized spacial score (nSPS) is 26.1. The number of ether oxygens (including phenoxy) is 1. The van der Waals surface area contributed by atoms with Crippen LogP contribution in [0.5, 0.6) is 5.75 Å². The van der Waals surface area contributed by atoms with Gasteiger partial charge >= 0.3 is 0 Å². The molecule has 5 rings (SSSR count). The molecule has 0 saturated carbocycles. The summed E-state index contributed by atoms with van der Waals surface area (Å²) in [4.78, 5) is 2.58. The highest BCUT2D eigenvalue weighted by Gasteiger charge is 2.50. The number of benzene rings is 2. The van der Waals surface area contributed by atoms with E-state index in [1.54, 1.807) is 35.7 Å². The number of aliphatic hydroxyl groups excluding tert-OH is 1. The molecule has 1 N–H and O–H groups in total. The third kappa shape index (κ3) is 4.79. The number of methoxy groups -OCH3 is 1. The van der Waals surface area contributed by atoms with Gasteiger partial charge in [-0.25, -0.2) is 8.42 Å². The molecule has 2 heterocycles. The Morgan fingerprint density at radius 1 is 1.03 bits per heavy atom. The zero-order valence-electron chi connectivity index (χ0n) is 20.5. The van der Waals surface area contributed by atoms with Crippen LogP contribution in [0.3, 0.4) is 0 Å². The van der Waals surface area contributed by atoms with Crippen molar-refractivity contribution in [3.63, 3.8) is 0 Å². The molecule has 0 aromatic heterocycles. The molecule has 7 heteroatoms. The molecule has 0 spiro atoms. The van der Waals surface area contributed by atoms with E-state index >= 15 is 0 Å². The molecule has 6 nitrogen and oxygen atoms in total. The van der Waals surface area contributed by atoms with Gasteiger partial charge in [0.05, 0.1) is 18.6 Å². The van der Waals surface area contributed by atoms with Crippen molar-refractivity contribution < 1.29 is 18.3 Å². The number of hydrogen-bond donors (Lipinski definition) is 1. The first-order valence-corrected chi connectivity index (χ1v) is 14.3. The van der Waals surface area contributed by atoms with Gasteiger partial charge in [0.15, 0.2) is 0 Å². The monoisotopic (exact) mass is 496 g/mol. The van der Waals surface area contributed by atoms with Gasteiger partial charge in [0.25, 0.3) is 0 Å². The van der Waals surface area contributed by atoms with E-state index in [1.807, 2.05) is 0 Å². The van der Waals surface area contributed by atoms with Gasteiger partial charge in [-0.3, -0.25) is 4.90 Å².